The van der Waals surface area contributed by atoms with E-state index in [9.17, 15) is 9.59 Å². The predicted molar refractivity (Wildman–Crippen MR) is 112 cm³/mol. The second-order valence-electron chi connectivity index (χ2n) is 7.91. The fourth-order valence-corrected chi connectivity index (χ4v) is 4.20. The van der Waals surface area contributed by atoms with E-state index >= 15 is 0 Å². The van der Waals surface area contributed by atoms with Crippen molar-refractivity contribution in [2.24, 2.45) is 5.92 Å². The van der Waals surface area contributed by atoms with Gasteiger partial charge in [-0.3, -0.25) is 9.59 Å². The highest BCUT2D eigenvalue weighted by Crippen LogP contribution is 2.23. The lowest BCUT2D eigenvalue weighted by molar-refractivity contribution is 0.0303. The molecule has 0 bridgehead atoms. The molecule has 5 nitrogen and oxygen atoms in total. The fraction of sp³-hybridized carbons (Fsp3) is 0.417. The van der Waals surface area contributed by atoms with E-state index in [1.807, 2.05) is 23.1 Å². The molecule has 0 N–H and O–H groups in total. The molecular formula is C24H28N2O3. The number of likely N-dealkylation sites (tertiary alicyclic amines) is 1. The molecule has 0 unspecified atom stereocenters. The van der Waals surface area contributed by atoms with Gasteiger partial charge in [-0.2, -0.15) is 0 Å². The molecule has 2 aliphatic heterocycles. The Labute approximate surface area is 172 Å². The van der Waals surface area contributed by atoms with Crippen molar-refractivity contribution in [2.75, 3.05) is 39.4 Å². The standard InChI is InChI=1S/C24H28N2O3/c27-23(25-11-9-20(10-12-25)17-19-5-2-1-3-6-19)21-7-4-8-22(18-21)24(28)26-13-15-29-16-14-26/h1-8,18,20H,9-17H2. The zero-order valence-corrected chi connectivity index (χ0v) is 16.8. The van der Waals surface area contributed by atoms with Crippen LogP contribution in [0.3, 0.4) is 0 Å². The molecule has 4 rings (SSSR count). The third-order valence-electron chi connectivity index (χ3n) is 5.92. The summed E-state index contributed by atoms with van der Waals surface area (Å²) in [5.74, 6) is 0.625. The minimum Gasteiger partial charge on any atom is -0.378 e. The quantitative estimate of drug-likeness (QED) is 0.803. The third kappa shape index (κ3) is 4.85. The van der Waals surface area contributed by atoms with Crippen molar-refractivity contribution in [3.63, 3.8) is 0 Å². The molecule has 0 spiro atoms. The van der Waals surface area contributed by atoms with Crippen molar-refractivity contribution in [2.45, 2.75) is 19.3 Å². The van der Waals surface area contributed by atoms with Crippen LogP contribution in [-0.4, -0.2) is 61.0 Å². The van der Waals surface area contributed by atoms with Gasteiger partial charge in [0, 0.05) is 37.3 Å². The number of piperidine rings is 1. The molecule has 0 aliphatic carbocycles. The summed E-state index contributed by atoms with van der Waals surface area (Å²) >= 11 is 0. The second-order valence-corrected chi connectivity index (χ2v) is 7.91. The van der Waals surface area contributed by atoms with E-state index in [1.54, 1.807) is 17.0 Å². The molecule has 152 valence electrons. The van der Waals surface area contributed by atoms with Gasteiger partial charge in [-0.15, -0.1) is 0 Å². The molecule has 2 aromatic rings. The smallest absolute Gasteiger partial charge is 0.254 e. The Morgan fingerprint density at radius 2 is 1.38 bits per heavy atom. The summed E-state index contributed by atoms with van der Waals surface area (Å²) in [6.07, 6.45) is 3.12. The SMILES string of the molecule is O=C(c1cccc(C(=O)N2CCC(Cc3ccccc3)CC2)c1)N1CCOCC1. The van der Waals surface area contributed by atoms with Gasteiger partial charge in [0.05, 0.1) is 13.2 Å². The lowest BCUT2D eigenvalue weighted by atomic mass is 9.90. The van der Waals surface area contributed by atoms with E-state index in [2.05, 4.69) is 24.3 Å². The molecule has 2 saturated heterocycles. The van der Waals surface area contributed by atoms with Crippen molar-refractivity contribution < 1.29 is 14.3 Å². The van der Waals surface area contributed by atoms with Gasteiger partial charge in [0.1, 0.15) is 0 Å². The molecule has 0 saturated carbocycles. The van der Waals surface area contributed by atoms with Crippen LogP contribution in [0.15, 0.2) is 54.6 Å². The zero-order valence-electron chi connectivity index (χ0n) is 16.8. The normalized spacial score (nSPS) is 17.9. The van der Waals surface area contributed by atoms with Gasteiger partial charge in [-0.25, -0.2) is 0 Å². The van der Waals surface area contributed by atoms with Gasteiger partial charge >= 0.3 is 0 Å². The summed E-state index contributed by atoms with van der Waals surface area (Å²) in [4.78, 5) is 29.4. The molecule has 2 amide bonds. The van der Waals surface area contributed by atoms with E-state index < -0.39 is 0 Å². The lowest BCUT2D eigenvalue weighted by Gasteiger charge is -2.32. The first kappa shape index (κ1) is 19.6. The Morgan fingerprint density at radius 1 is 0.793 bits per heavy atom. The molecule has 0 radical (unpaired) electrons. The fourth-order valence-electron chi connectivity index (χ4n) is 4.20. The van der Waals surface area contributed by atoms with Crippen LogP contribution in [0, 0.1) is 5.92 Å². The van der Waals surface area contributed by atoms with E-state index in [4.69, 9.17) is 4.74 Å². The highest BCUT2D eigenvalue weighted by Gasteiger charge is 2.25. The second kappa shape index (κ2) is 9.23. The number of ether oxygens (including phenoxy) is 1. The maximum absolute atomic E-state index is 13.0. The summed E-state index contributed by atoms with van der Waals surface area (Å²) in [6, 6.07) is 17.7. The Kier molecular flexibility index (Phi) is 6.25. The first-order chi connectivity index (χ1) is 14.2. The average Bonchev–Trinajstić information content (AvgIpc) is 2.80. The number of amides is 2. The van der Waals surface area contributed by atoms with Crippen molar-refractivity contribution >= 4 is 11.8 Å². The van der Waals surface area contributed by atoms with Crippen LogP contribution in [0.1, 0.15) is 39.1 Å². The molecule has 29 heavy (non-hydrogen) atoms. The molecule has 5 heteroatoms. The van der Waals surface area contributed by atoms with E-state index in [0.717, 1.165) is 32.4 Å². The highest BCUT2D eigenvalue weighted by atomic mass is 16.5. The van der Waals surface area contributed by atoms with Crippen LogP contribution in [-0.2, 0) is 11.2 Å². The first-order valence-electron chi connectivity index (χ1n) is 10.5. The molecular weight excluding hydrogens is 364 g/mol. The van der Waals surface area contributed by atoms with Crippen molar-refractivity contribution in [3.05, 3.63) is 71.3 Å². The summed E-state index contributed by atoms with van der Waals surface area (Å²) in [5.41, 5.74) is 2.55. The van der Waals surface area contributed by atoms with Gasteiger partial charge in [-0.05, 0) is 48.9 Å². The zero-order chi connectivity index (χ0) is 20.1. The maximum Gasteiger partial charge on any atom is 0.254 e. The Morgan fingerprint density at radius 3 is 2.00 bits per heavy atom. The summed E-state index contributed by atoms with van der Waals surface area (Å²) in [5, 5.41) is 0. The van der Waals surface area contributed by atoms with Gasteiger partial charge in [0.2, 0.25) is 0 Å². The number of carbonyl (C=O) groups excluding carboxylic acids is 2. The molecule has 2 aliphatic rings. The van der Waals surface area contributed by atoms with E-state index in [0.29, 0.717) is 43.3 Å². The maximum atomic E-state index is 13.0. The number of nitrogens with zero attached hydrogens (tertiary/aromatic N) is 2. The number of rotatable bonds is 4. The van der Waals surface area contributed by atoms with Crippen LogP contribution in [0.5, 0.6) is 0 Å². The monoisotopic (exact) mass is 392 g/mol. The lowest BCUT2D eigenvalue weighted by Crippen LogP contribution is -2.41. The van der Waals surface area contributed by atoms with Crippen LogP contribution >= 0.6 is 0 Å². The van der Waals surface area contributed by atoms with Gasteiger partial charge in [-0.1, -0.05) is 36.4 Å². The van der Waals surface area contributed by atoms with E-state index in [1.165, 1.54) is 5.56 Å². The summed E-state index contributed by atoms with van der Waals surface area (Å²) in [6.45, 7) is 3.90. The van der Waals surface area contributed by atoms with E-state index in [-0.39, 0.29) is 11.8 Å². The van der Waals surface area contributed by atoms with Crippen LogP contribution in [0.4, 0.5) is 0 Å². The number of carbonyl (C=O) groups is 2. The molecule has 2 aromatic carbocycles. The number of hydrogen-bond donors (Lipinski definition) is 0. The largest absolute Gasteiger partial charge is 0.378 e. The van der Waals surface area contributed by atoms with Crippen molar-refractivity contribution in [1.29, 1.82) is 0 Å². The molecule has 2 fully saturated rings. The van der Waals surface area contributed by atoms with Crippen LogP contribution in [0.2, 0.25) is 0 Å². The summed E-state index contributed by atoms with van der Waals surface area (Å²) < 4.78 is 5.32. The predicted octanol–water partition coefficient (Wildman–Crippen LogP) is 3.25. The van der Waals surface area contributed by atoms with Gasteiger partial charge in [0.15, 0.2) is 0 Å². The minimum atomic E-state index is -0.0236. The molecule has 0 aromatic heterocycles. The Balaban J connectivity index is 1.35. The average molecular weight is 392 g/mol. The number of hydrogen-bond acceptors (Lipinski definition) is 3. The highest BCUT2D eigenvalue weighted by molar-refractivity contribution is 5.99. The first-order valence-corrected chi connectivity index (χ1v) is 10.5. The van der Waals surface area contributed by atoms with Crippen molar-refractivity contribution in [3.8, 4) is 0 Å². The molecule has 2 heterocycles. The number of benzene rings is 2. The Bertz CT molecular complexity index is 838. The Hall–Kier alpha value is -2.66. The van der Waals surface area contributed by atoms with Gasteiger partial charge in [0.25, 0.3) is 11.8 Å². The van der Waals surface area contributed by atoms with Crippen LogP contribution < -0.4 is 0 Å². The topological polar surface area (TPSA) is 49.9 Å². The van der Waals surface area contributed by atoms with Gasteiger partial charge < -0.3 is 14.5 Å². The van der Waals surface area contributed by atoms with Crippen molar-refractivity contribution in [1.82, 2.24) is 9.80 Å². The van der Waals surface area contributed by atoms with Crippen LogP contribution in [0.25, 0.3) is 0 Å². The summed E-state index contributed by atoms with van der Waals surface area (Å²) in [7, 11) is 0. The molecule has 0 atom stereocenters. The minimum absolute atomic E-state index is 0.0236. The third-order valence-corrected chi connectivity index (χ3v) is 5.92. The number of morpholine rings is 1.